The van der Waals surface area contributed by atoms with E-state index in [2.05, 4.69) is 51.5 Å². The van der Waals surface area contributed by atoms with Crippen molar-refractivity contribution < 1.29 is 52.6 Å². The van der Waals surface area contributed by atoms with Crippen molar-refractivity contribution in [3.8, 4) is 21.4 Å². The maximum absolute atomic E-state index is 13.1. The molecule has 4 aromatic rings. The molecular weight excluding hydrogens is 1170 g/mol. The number of alkyl carbamates (subject to hydrolysis) is 1. The van der Waals surface area contributed by atoms with Crippen LogP contribution < -0.4 is 32.3 Å². The highest BCUT2D eigenvalue weighted by atomic mass is 32.1. The predicted octanol–water partition coefficient (Wildman–Crippen LogP) is 7.71. The summed E-state index contributed by atoms with van der Waals surface area (Å²) in [5, 5.41) is 23.9. The van der Waals surface area contributed by atoms with Crippen LogP contribution >= 0.6 is 45.3 Å². The van der Waals surface area contributed by atoms with Crippen LogP contribution in [-0.2, 0) is 46.4 Å². The number of Topliss-reactive ketones (excluding diaryl/α,β-unsaturated/α-hetero) is 3. The van der Waals surface area contributed by atoms with Gasteiger partial charge in [-0.15, -0.1) is 45.3 Å². The van der Waals surface area contributed by atoms with E-state index in [1.807, 2.05) is 24.6 Å². The zero-order valence-electron chi connectivity index (χ0n) is 49.2. The first-order valence-corrected chi connectivity index (χ1v) is 32.0. The van der Waals surface area contributed by atoms with Crippen LogP contribution in [0.3, 0.4) is 0 Å². The van der Waals surface area contributed by atoms with E-state index in [9.17, 15) is 43.2 Å². The minimum atomic E-state index is -1.06. The summed E-state index contributed by atoms with van der Waals surface area (Å²) in [7, 11) is 0. The van der Waals surface area contributed by atoms with Gasteiger partial charge >= 0.3 is 12.2 Å². The van der Waals surface area contributed by atoms with Gasteiger partial charge in [0.05, 0.1) is 41.0 Å². The van der Waals surface area contributed by atoms with E-state index in [4.69, 9.17) is 15.2 Å². The number of rotatable bonds is 23. The lowest BCUT2D eigenvalue weighted by atomic mass is 9.95. The van der Waals surface area contributed by atoms with Crippen molar-refractivity contribution in [2.75, 3.05) is 19.6 Å². The molecule has 23 nitrogen and oxygen atoms in total. The van der Waals surface area contributed by atoms with Gasteiger partial charge in [0.15, 0.2) is 11.6 Å². The van der Waals surface area contributed by atoms with Crippen molar-refractivity contribution >= 4 is 104 Å². The molecule has 2 atom stereocenters. The van der Waals surface area contributed by atoms with Gasteiger partial charge in [-0.3, -0.25) is 43.5 Å². The van der Waals surface area contributed by atoms with E-state index in [-0.39, 0.29) is 84.9 Å². The Bertz CT molecular complexity index is 3310. The number of thiazole rings is 4. The summed E-state index contributed by atoms with van der Waals surface area (Å²) in [4.78, 5) is 138. The molecule has 2 saturated carbocycles. The molecule has 9 rings (SSSR count). The Hall–Kier alpha value is -6.94. The fourth-order valence-electron chi connectivity index (χ4n) is 9.71. The average Bonchev–Trinajstić information content (AvgIpc) is 1.67. The molecule has 6 amide bonds. The summed E-state index contributed by atoms with van der Waals surface area (Å²) < 4.78 is 10.7. The molecule has 2 aliphatic carbocycles. The lowest BCUT2D eigenvalue weighted by molar-refractivity contribution is -0.131. The highest BCUT2D eigenvalue weighted by Crippen LogP contribution is 2.49. The summed E-state index contributed by atoms with van der Waals surface area (Å²) in [6.07, 6.45) is 6.92. The van der Waals surface area contributed by atoms with Crippen molar-refractivity contribution in [2.24, 2.45) is 10.7 Å². The van der Waals surface area contributed by atoms with Gasteiger partial charge in [-0.05, 0) is 119 Å². The van der Waals surface area contributed by atoms with E-state index >= 15 is 0 Å². The minimum Gasteiger partial charge on any atom is -0.444 e. The van der Waals surface area contributed by atoms with Gasteiger partial charge in [-0.1, -0.05) is 0 Å². The third kappa shape index (κ3) is 17.4. The van der Waals surface area contributed by atoms with Crippen LogP contribution in [0.2, 0.25) is 0 Å². The van der Waals surface area contributed by atoms with Gasteiger partial charge in [0, 0.05) is 90.0 Å². The second-order valence-electron chi connectivity index (χ2n) is 23.7. The molecule has 5 aliphatic rings. The molecule has 0 radical (unpaired) electrons. The number of hydrogen-bond acceptors (Lipinski definition) is 21. The lowest BCUT2D eigenvalue weighted by Gasteiger charge is -2.28. The fourth-order valence-corrected chi connectivity index (χ4v) is 12.9. The van der Waals surface area contributed by atoms with Gasteiger partial charge < -0.3 is 41.8 Å². The molecule has 27 heteroatoms. The van der Waals surface area contributed by atoms with Crippen molar-refractivity contribution in [3.05, 3.63) is 65.8 Å². The molecule has 3 aliphatic heterocycles. The number of ketones is 3. The zero-order chi connectivity index (χ0) is 61.4. The second-order valence-corrected chi connectivity index (χ2v) is 27.3. The molecule has 456 valence electrons. The third-order valence-corrected chi connectivity index (χ3v) is 17.8. The number of likely N-dealkylation sites (tertiary alicyclic amines) is 1. The van der Waals surface area contributed by atoms with Crippen LogP contribution in [0.15, 0.2) is 49.4 Å². The SMILES string of the molecule is C[C@H]1CC/C(=C/C(=O)NC2(C(=O)CC(=O)CCc3nc(-c4nc(C(=O)CCCNC(=O)OC(C)(C)C)cs4)cs3)CC2)N1C(=O)OC(C)(C)C.C[C@H]1CCC(C2=C(CC(=O)NCc3nc(-c4nc(C(=O)NCCN)cs4)cs3)C3(CC3)NC2=O)=N1. The number of hydrogen-bond donors (Lipinski definition) is 6. The number of nitrogens with zero attached hydrogens (tertiary/aromatic N) is 6. The monoisotopic (exact) mass is 1240 g/mol. The summed E-state index contributed by atoms with van der Waals surface area (Å²) in [6.45, 7) is 16.0. The number of carbonyl (C=O) groups excluding carboxylic acids is 9. The standard InChI is InChI=1S/C35H47N5O8S2.C23H27N7O3S2/c1-21-10-11-22(40(21)32(46)48-34(5,6)7)17-28(44)39-35(14-15-35)27(43)18-23(41)12-13-29-37-25(20-49-29)30-38-24(19-50-30)26(42)9-8-16-36-31(45)47-33(2,3)4;1-12-2-3-14(27-12)19-13(23(4-5-23)30-21(19)33)8-17(31)26-9-18-28-16(11-34-18)22-29-15(10-35-22)20(32)25-7-6-24/h17,19-21H,8-16,18H2,1-7H3,(H,36,45)(H,39,44);10-12H,2-9,24H2,1H3,(H,25,32)(H,26,31)(H,30,33)/b22-17-;/t21-;12-/m00/s1. The number of allylic oxidation sites excluding steroid dienone is 1. The Morgan fingerprint density at radius 2 is 1.44 bits per heavy atom. The van der Waals surface area contributed by atoms with Gasteiger partial charge in [0.2, 0.25) is 11.8 Å². The Kier molecular flexibility index (Phi) is 20.5. The molecule has 0 bridgehead atoms. The quantitative estimate of drug-likeness (QED) is 0.0179. The maximum Gasteiger partial charge on any atom is 0.414 e. The Morgan fingerprint density at radius 1 is 0.776 bits per heavy atom. The molecule has 7 N–H and O–H groups in total. The predicted molar refractivity (Wildman–Crippen MR) is 323 cm³/mol. The number of amides is 6. The highest BCUT2D eigenvalue weighted by Gasteiger charge is 2.55. The first-order chi connectivity index (χ1) is 40.2. The molecule has 7 heterocycles. The van der Waals surface area contributed by atoms with Crippen LogP contribution in [0.1, 0.15) is 170 Å². The third-order valence-electron chi connectivity index (χ3n) is 14.3. The van der Waals surface area contributed by atoms with E-state index < -0.39 is 34.8 Å². The maximum atomic E-state index is 13.1. The Balaban J connectivity index is 0.000000235. The molecule has 0 aromatic carbocycles. The van der Waals surface area contributed by atoms with Crippen molar-refractivity contribution in [2.45, 2.75) is 186 Å². The molecule has 1 spiro atoms. The van der Waals surface area contributed by atoms with Gasteiger partial charge in [0.1, 0.15) is 54.8 Å². The molecular formula is C58H74N12O11S4. The summed E-state index contributed by atoms with van der Waals surface area (Å²) >= 11 is 5.44. The van der Waals surface area contributed by atoms with Gasteiger partial charge in [0.25, 0.3) is 11.8 Å². The topological polar surface area (TPSA) is 325 Å². The van der Waals surface area contributed by atoms with Gasteiger partial charge in [-0.2, -0.15) is 0 Å². The Morgan fingerprint density at radius 3 is 2.07 bits per heavy atom. The largest absolute Gasteiger partial charge is 0.444 e. The molecule has 4 aromatic heterocycles. The van der Waals surface area contributed by atoms with E-state index in [1.165, 1.54) is 56.3 Å². The first kappa shape index (κ1) is 64.1. The van der Waals surface area contributed by atoms with Crippen LogP contribution in [0.4, 0.5) is 9.59 Å². The van der Waals surface area contributed by atoms with Crippen LogP contribution in [-0.4, -0.2) is 138 Å². The molecule has 1 saturated heterocycles. The molecule has 0 unspecified atom stereocenters. The van der Waals surface area contributed by atoms with Crippen molar-refractivity contribution in [1.29, 1.82) is 0 Å². The number of nitrogens with two attached hydrogens (primary N) is 1. The smallest absolute Gasteiger partial charge is 0.414 e. The van der Waals surface area contributed by atoms with Gasteiger partial charge in [-0.25, -0.2) is 29.5 Å². The highest BCUT2D eigenvalue weighted by molar-refractivity contribution is 7.14. The second kappa shape index (κ2) is 27.2. The van der Waals surface area contributed by atoms with Crippen LogP contribution in [0.25, 0.3) is 21.4 Å². The average molecular weight is 1240 g/mol. The number of carbonyl (C=O) groups is 9. The number of nitrogens with one attached hydrogen (secondary N) is 5. The van der Waals surface area contributed by atoms with Crippen LogP contribution in [0, 0.1) is 0 Å². The Labute approximate surface area is 509 Å². The first-order valence-electron chi connectivity index (χ1n) is 28.5. The number of aromatic nitrogens is 4. The fraction of sp³-hybridized carbons (Fsp3) is 0.552. The summed E-state index contributed by atoms with van der Waals surface area (Å²) in [5.74, 6) is -1.67. The zero-order valence-corrected chi connectivity index (χ0v) is 52.4. The summed E-state index contributed by atoms with van der Waals surface area (Å²) in [5.41, 5.74) is 7.57. The molecule has 3 fully saturated rings. The van der Waals surface area contributed by atoms with Crippen LogP contribution in [0.5, 0.6) is 0 Å². The minimum absolute atomic E-state index is 0.0951. The van der Waals surface area contributed by atoms with E-state index in [0.29, 0.717) is 107 Å². The lowest BCUT2D eigenvalue weighted by Crippen LogP contribution is -2.44. The molecule has 85 heavy (non-hydrogen) atoms. The summed E-state index contributed by atoms with van der Waals surface area (Å²) in [6, 6.07) is 0.0946. The number of ether oxygens (including phenoxy) is 2. The van der Waals surface area contributed by atoms with E-state index in [0.717, 1.165) is 42.0 Å². The van der Waals surface area contributed by atoms with Crippen molar-refractivity contribution in [3.63, 3.8) is 0 Å². The number of aliphatic imine (C=N–C) groups is 1. The normalized spacial score (nSPS) is 18.7. The number of aryl methyl sites for hydroxylation is 1. The van der Waals surface area contributed by atoms with Crippen molar-refractivity contribution in [1.82, 2.24) is 51.4 Å². The van der Waals surface area contributed by atoms with E-state index in [1.54, 1.807) is 52.3 Å².